The van der Waals surface area contributed by atoms with Crippen LogP contribution in [0.4, 0.5) is 0 Å². The summed E-state index contributed by atoms with van der Waals surface area (Å²) in [6.45, 7) is 30.2. The van der Waals surface area contributed by atoms with Crippen LogP contribution < -0.4 is 10.6 Å². The van der Waals surface area contributed by atoms with E-state index in [4.69, 9.17) is 6.58 Å². The molecule has 0 aliphatic carbocycles. The van der Waals surface area contributed by atoms with Gasteiger partial charge in [-0.05, 0) is 99.5 Å². The largest absolute Gasteiger partial charge is 0.318 e. The summed E-state index contributed by atoms with van der Waals surface area (Å²) in [4.78, 5) is 2.43. The van der Waals surface area contributed by atoms with Crippen molar-refractivity contribution in [2.75, 3.05) is 40.8 Å². The van der Waals surface area contributed by atoms with Crippen LogP contribution in [0.2, 0.25) is 0 Å². The van der Waals surface area contributed by atoms with Gasteiger partial charge in [0.2, 0.25) is 0 Å². The van der Waals surface area contributed by atoms with Crippen molar-refractivity contribution >= 4 is 12.6 Å². The number of benzene rings is 1. The molecule has 0 aromatic heterocycles. The third-order valence-electron chi connectivity index (χ3n) is 11.6. The summed E-state index contributed by atoms with van der Waals surface area (Å²) in [7, 11) is 6.39. The quantitative estimate of drug-likeness (QED) is 0.0760. The van der Waals surface area contributed by atoms with Crippen molar-refractivity contribution in [2.45, 2.75) is 124 Å². The lowest BCUT2D eigenvalue weighted by molar-refractivity contribution is -0.0130. The second-order valence-corrected chi connectivity index (χ2v) is 15.2. The third-order valence-corrected chi connectivity index (χ3v) is 11.9. The molecule has 0 heterocycles. The molecule has 0 fully saturated rings. The average molecular weight is 588 g/mol. The van der Waals surface area contributed by atoms with Gasteiger partial charge in [-0.15, -0.1) is 0 Å². The first-order valence-corrected chi connectivity index (χ1v) is 17.1. The molecule has 0 saturated heterocycles. The van der Waals surface area contributed by atoms with Crippen molar-refractivity contribution in [3.63, 3.8) is 0 Å². The van der Waals surface area contributed by atoms with Gasteiger partial charge in [-0.2, -0.15) is 12.6 Å². The minimum absolute atomic E-state index is 0.00863. The minimum atomic E-state index is -0.199. The second-order valence-electron chi connectivity index (χ2n) is 14.9. The highest BCUT2D eigenvalue weighted by atomic mass is 32.1. The Morgan fingerprint density at radius 3 is 2.07 bits per heavy atom. The fourth-order valence-corrected chi connectivity index (χ4v) is 6.88. The molecule has 0 radical (unpaired) electrons. The summed E-state index contributed by atoms with van der Waals surface area (Å²) in [5.74, 6) is 1.87. The first-order valence-electron chi connectivity index (χ1n) is 16.5. The highest BCUT2D eigenvalue weighted by Gasteiger charge is 2.54. The number of hydrogen-bond donors (Lipinski definition) is 3. The Labute approximate surface area is 262 Å². The molecule has 0 amide bonds. The average Bonchev–Trinajstić information content (AvgIpc) is 2.94. The number of nitrogens with zero attached hydrogens (tertiary/aromatic N) is 1. The smallest absolute Gasteiger partial charge is 0.0417 e. The van der Waals surface area contributed by atoms with Crippen molar-refractivity contribution in [2.24, 2.45) is 22.2 Å². The first kappa shape index (κ1) is 38.2. The van der Waals surface area contributed by atoms with Crippen LogP contribution >= 0.6 is 12.6 Å². The number of unbranched alkanes of at least 4 members (excludes halogenated alkanes) is 2. The molecule has 3 nitrogen and oxygen atoms in total. The lowest BCUT2D eigenvalue weighted by Gasteiger charge is -2.58. The highest BCUT2D eigenvalue weighted by Crippen LogP contribution is 2.59. The summed E-state index contributed by atoms with van der Waals surface area (Å²) in [6.07, 6.45) is 8.47. The lowest BCUT2D eigenvalue weighted by atomic mass is 9.49. The van der Waals surface area contributed by atoms with Crippen LogP contribution in [0.15, 0.2) is 36.4 Å². The predicted molar refractivity (Wildman–Crippen MR) is 188 cm³/mol. The molecule has 1 rings (SSSR count). The zero-order valence-corrected chi connectivity index (χ0v) is 30.2. The maximum atomic E-state index is 4.74. The van der Waals surface area contributed by atoms with Crippen LogP contribution in [0.25, 0.3) is 0 Å². The summed E-state index contributed by atoms with van der Waals surface area (Å²) in [6, 6.07) is 9.35. The summed E-state index contributed by atoms with van der Waals surface area (Å²) in [5.41, 5.74) is 4.04. The van der Waals surface area contributed by atoms with Gasteiger partial charge in [0.1, 0.15) is 0 Å². The van der Waals surface area contributed by atoms with Crippen molar-refractivity contribution in [1.82, 2.24) is 15.5 Å². The molecular formula is C37H69N3S. The van der Waals surface area contributed by atoms with E-state index in [1.807, 2.05) is 7.05 Å². The van der Waals surface area contributed by atoms with Gasteiger partial charge >= 0.3 is 0 Å². The molecular weight excluding hydrogens is 518 g/mol. The van der Waals surface area contributed by atoms with Crippen LogP contribution in [0.1, 0.15) is 124 Å². The van der Waals surface area contributed by atoms with Gasteiger partial charge < -0.3 is 15.5 Å². The van der Waals surface area contributed by atoms with E-state index >= 15 is 0 Å². The van der Waals surface area contributed by atoms with E-state index in [0.29, 0.717) is 11.8 Å². The molecule has 3 unspecified atom stereocenters. The monoisotopic (exact) mass is 588 g/mol. The molecule has 0 saturated carbocycles. The summed E-state index contributed by atoms with van der Waals surface area (Å²) < 4.78 is 0. The van der Waals surface area contributed by atoms with E-state index in [2.05, 4.69) is 129 Å². The third kappa shape index (κ3) is 9.85. The van der Waals surface area contributed by atoms with E-state index < -0.39 is 0 Å². The van der Waals surface area contributed by atoms with Gasteiger partial charge in [0, 0.05) is 24.4 Å². The van der Waals surface area contributed by atoms with Gasteiger partial charge in [0.05, 0.1) is 0 Å². The molecule has 238 valence electrons. The second kappa shape index (κ2) is 16.9. The summed E-state index contributed by atoms with van der Waals surface area (Å²) >= 11 is 4.54. The Balaban J connectivity index is 3.35. The highest BCUT2D eigenvalue weighted by molar-refractivity contribution is 7.79. The van der Waals surface area contributed by atoms with Crippen LogP contribution in [0.5, 0.6) is 0 Å². The fraction of sp³-hybridized carbons (Fsp3) is 0.784. The predicted octanol–water partition coefficient (Wildman–Crippen LogP) is 9.35. The number of rotatable bonds is 21. The van der Waals surface area contributed by atoms with Gasteiger partial charge in [0.15, 0.2) is 0 Å². The van der Waals surface area contributed by atoms with Crippen LogP contribution in [-0.4, -0.2) is 51.2 Å². The SMILES string of the molecule is C=C(CCCCN(C)CCNC)C(C)(NC)C(C)(C)C(C)(C)C(CC(C)(C)C(C)CCCC)c1ccc(CS)cc1. The minimum Gasteiger partial charge on any atom is -0.318 e. The normalized spacial score (nSPS) is 16.0. The van der Waals surface area contributed by atoms with Crippen molar-refractivity contribution in [3.05, 3.63) is 47.5 Å². The van der Waals surface area contributed by atoms with Crippen molar-refractivity contribution in [3.8, 4) is 0 Å². The van der Waals surface area contributed by atoms with Gasteiger partial charge in [-0.3, -0.25) is 0 Å². The molecule has 1 aromatic carbocycles. The topological polar surface area (TPSA) is 27.3 Å². The molecule has 1 aromatic rings. The number of nitrogens with one attached hydrogen (secondary N) is 2. The fourth-order valence-electron chi connectivity index (χ4n) is 6.67. The molecule has 0 spiro atoms. The standard InChI is InChI=1S/C37H69N3S/c1-14-15-18-29(2)34(4,5)27-33(32-22-20-31(28-41)21-23-32)35(6,7)36(8,9)37(10,39-12)30(3)19-16-17-25-40(13)26-24-38-11/h20-23,29,33,38-39,41H,3,14-19,24-28H2,1-2,4-13H3. The number of hydrogen-bond acceptors (Lipinski definition) is 4. The van der Waals surface area contributed by atoms with E-state index in [9.17, 15) is 0 Å². The van der Waals surface area contributed by atoms with E-state index in [0.717, 1.165) is 31.8 Å². The van der Waals surface area contributed by atoms with Crippen molar-refractivity contribution < 1.29 is 0 Å². The molecule has 41 heavy (non-hydrogen) atoms. The zero-order valence-electron chi connectivity index (χ0n) is 29.3. The van der Waals surface area contributed by atoms with Crippen molar-refractivity contribution in [1.29, 1.82) is 0 Å². The molecule has 3 atom stereocenters. The first-order chi connectivity index (χ1) is 19.0. The summed E-state index contributed by atoms with van der Waals surface area (Å²) in [5, 5.41) is 7.07. The number of likely N-dealkylation sites (N-methyl/N-ethyl adjacent to an activating group) is 3. The molecule has 2 N–H and O–H groups in total. The van der Waals surface area contributed by atoms with Gasteiger partial charge in [0.25, 0.3) is 0 Å². The Morgan fingerprint density at radius 1 is 0.951 bits per heavy atom. The van der Waals surface area contributed by atoms with Gasteiger partial charge in [-0.25, -0.2) is 0 Å². The van der Waals surface area contributed by atoms with Crippen LogP contribution in [-0.2, 0) is 5.75 Å². The van der Waals surface area contributed by atoms with E-state index in [1.54, 1.807) is 0 Å². The maximum absolute atomic E-state index is 4.74. The number of thiol groups is 1. The molecule has 4 heteroatoms. The van der Waals surface area contributed by atoms with Crippen LogP contribution in [0.3, 0.4) is 0 Å². The van der Waals surface area contributed by atoms with Crippen LogP contribution in [0, 0.1) is 22.2 Å². The van der Waals surface area contributed by atoms with E-state index in [1.165, 1.54) is 55.2 Å². The Bertz CT molecular complexity index is 888. The Kier molecular flexibility index (Phi) is 15.7. The lowest BCUT2D eigenvalue weighted by Crippen LogP contribution is -2.60. The molecule has 0 aliphatic heterocycles. The Hall–Kier alpha value is -0.810. The van der Waals surface area contributed by atoms with Gasteiger partial charge in [-0.1, -0.05) is 111 Å². The van der Waals surface area contributed by atoms with E-state index in [-0.39, 0.29) is 21.8 Å². The molecule has 0 bridgehead atoms. The molecule has 0 aliphatic rings. The zero-order chi connectivity index (χ0) is 31.5. The maximum Gasteiger partial charge on any atom is 0.0417 e. The Morgan fingerprint density at radius 2 is 1.56 bits per heavy atom.